The van der Waals surface area contributed by atoms with E-state index in [1.807, 2.05) is 4.90 Å². The van der Waals surface area contributed by atoms with E-state index < -0.39 is 0 Å². The Balaban J connectivity index is 1.24. The third-order valence-electron chi connectivity index (χ3n) is 5.85. The molecule has 2 aliphatic heterocycles. The quantitative estimate of drug-likeness (QED) is 0.876. The first-order valence-corrected chi connectivity index (χ1v) is 10.2. The van der Waals surface area contributed by atoms with Gasteiger partial charge >= 0.3 is 0 Å². The zero-order valence-corrected chi connectivity index (χ0v) is 16.1. The number of nitrogens with zero attached hydrogens (tertiary/aromatic N) is 3. The molecule has 0 radical (unpaired) electrons. The Labute approximate surface area is 161 Å². The van der Waals surface area contributed by atoms with Crippen molar-refractivity contribution in [1.29, 1.82) is 0 Å². The molecule has 5 nitrogen and oxygen atoms in total. The second-order valence-corrected chi connectivity index (χ2v) is 7.64. The minimum absolute atomic E-state index is 0.315. The number of fused-ring (bicyclic) bond motifs is 1. The summed E-state index contributed by atoms with van der Waals surface area (Å²) in [6.45, 7) is 9.74. The molecule has 2 fully saturated rings. The van der Waals surface area contributed by atoms with Crippen LogP contribution in [0.4, 0.5) is 0 Å². The predicted molar refractivity (Wildman–Crippen MR) is 110 cm³/mol. The number of hydrogen-bond acceptors (Lipinski definition) is 4. The van der Waals surface area contributed by atoms with E-state index in [4.69, 9.17) is 0 Å². The van der Waals surface area contributed by atoms with Crippen molar-refractivity contribution >= 4 is 16.7 Å². The van der Waals surface area contributed by atoms with Crippen molar-refractivity contribution in [3.8, 4) is 0 Å². The zero-order chi connectivity index (χ0) is 18.5. The summed E-state index contributed by atoms with van der Waals surface area (Å²) >= 11 is 0. The lowest BCUT2D eigenvalue weighted by Crippen LogP contribution is -2.49. The monoisotopic (exact) mass is 366 g/mol. The van der Waals surface area contributed by atoms with Crippen LogP contribution in [0.1, 0.15) is 12.0 Å². The molecule has 1 N–H and O–H groups in total. The summed E-state index contributed by atoms with van der Waals surface area (Å²) in [5.41, 5.74) is 1.41. The number of rotatable bonds is 5. The molecule has 2 aliphatic rings. The van der Waals surface area contributed by atoms with E-state index in [0.717, 1.165) is 65.4 Å². The van der Waals surface area contributed by atoms with Gasteiger partial charge in [-0.15, -0.1) is 0 Å². The van der Waals surface area contributed by atoms with E-state index in [0.29, 0.717) is 12.3 Å². The maximum absolute atomic E-state index is 12.3. The number of carbonyl (C=O) groups is 1. The van der Waals surface area contributed by atoms with Crippen molar-refractivity contribution in [1.82, 2.24) is 20.0 Å². The number of amides is 1. The van der Waals surface area contributed by atoms with Gasteiger partial charge < -0.3 is 15.1 Å². The first-order chi connectivity index (χ1) is 13.3. The summed E-state index contributed by atoms with van der Waals surface area (Å²) in [6.07, 6.45) is 0.656. The Kier molecular flexibility index (Phi) is 6.02. The van der Waals surface area contributed by atoms with Crippen LogP contribution in [-0.4, -0.2) is 79.5 Å². The van der Waals surface area contributed by atoms with Gasteiger partial charge in [0.15, 0.2) is 0 Å². The van der Waals surface area contributed by atoms with E-state index in [2.05, 4.69) is 57.6 Å². The second kappa shape index (κ2) is 8.83. The average Bonchev–Trinajstić information content (AvgIpc) is 2.74. The van der Waals surface area contributed by atoms with Crippen LogP contribution >= 0.6 is 0 Å². The van der Waals surface area contributed by atoms with Crippen LogP contribution in [0.2, 0.25) is 0 Å². The van der Waals surface area contributed by atoms with E-state index in [9.17, 15) is 4.79 Å². The third kappa shape index (κ3) is 4.67. The lowest BCUT2D eigenvalue weighted by Gasteiger charge is -2.35. The number of benzene rings is 2. The lowest BCUT2D eigenvalue weighted by atomic mass is 10.0. The molecule has 0 spiro atoms. The molecule has 0 atom stereocenters. The van der Waals surface area contributed by atoms with Gasteiger partial charge in [0.25, 0.3) is 0 Å². The number of hydrogen-bond donors (Lipinski definition) is 1. The highest BCUT2D eigenvalue weighted by Crippen LogP contribution is 2.20. The summed E-state index contributed by atoms with van der Waals surface area (Å²) in [4.78, 5) is 19.3. The molecule has 144 valence electrons. The Morgan fingerprint density at radius 3 is 2.37 bits per heavy atom. The van der Waals surface area contributed by atoms with Crippen molar-refractivity contribution < 1.29 is 4.79 Å². The Bertz CT molecular complexity index is 759. The summed E-state index contributed by atoms with van der Waals surface area (Å²) in [5.74, 6) is 0.315. The van der Waals surface area contributed by atoms with E-state index in [1.54, 1.807) is 0 Å². The molecule has 27 heavy (non-hydrogen) atoms. The van der Waals surface area contributed by atoms with Gasteiger partial charge in [-0.25, -0.2) is 0 Å². The van der Waals surface area contributed by atoms with Gasteiger partial charge in [-0.2, -0.15) is 0 Å². The number of carbonyl (C=O) groups excluding carboxylic acids is 1. The van der Waals surface area contributed by atoms with Crippen LogP contribution in [-0.2, 0) is 11.3 Å². The van der Waals surface area contributed by atoms with Crippen molar-refractivity contribution in [3.05, 3.63) is 48.0 Å². The van der Waals surface area contributed by atoms with E-state index >= 15 is 0 Å². The molecule has 0 aromatic heterocycles. The topological polar surface area (TPSA) is 38.8 Å². The highest BCUT2D eigenvalue weighted by atomic mass is 16.2. The standard InChI is InChI=1S/C22H30N4O/c27-22(26-12-9-23-10-13-26)8-11-24-14-16-25(17-15-24)18-20-6-3-5-19-4-1-2-7-21(19)20/h1-7,23H,8-18H2. The van der Waals surface area contributed by atoms with Gasteiger partial charge in [-0.3, -0.25) is 9.69 Å². The fourth-order valence-electron chi connectivity index (χ4n) is 4.17. The molecular weight excluding hydrogens is 336 g/mol. The molecule has 1 amide bonds. The van der Waals surface area contributed by atoms with Gasteiger partial charge in [-0.1, -0.05) is 42.5 Å². The van der Waals surface area contributed by atoms with Crippen LogP contribution in [0.15, 0.2) is 42.5 Å². The predicted octanol–water partition coefficient (Wildman–Crippen LogP) is 1.78. The molecule has 0 aliphatic carbocycles. The molecule has 2 aromatic rings. The summed E-state index contributed by atoms with van der Waals surface area (Å²) in [7, 11) is 0. The summed E-state index contributed by atoms with van der Waals surface area (Å²) in [5, 5.41) is 5.99. The maximum Gasteiger partial charge on any atom is 0.223 e. The minimum atomic E-state index is 0.315. The van der Waals surface area contributed by atoms with Crippen LogP contribution in [0.3, 0.4) is 0 Å². The van der Waals surface area contributed by atoms with Crippen molar-refractivity contribution in [3.63, 3.8) is 0 Å². The highest BCUT2D eigenvalue weighted by molar-refractivity contribution is 5.85. The summed E-state index contributed by atoms with van der Waals surface area (Å²) in [6, 6.07) is 15.2. The SMILES string of the molecule is O=C(CCN1CCN(Cc2cccc3ccccc23)CC1)N1CCNCC1. The zero-order valence-electron chi connectivity index (χ0n) is 16.1. The normalized spacial score (nSPS) is 19.5. The molecule has 0 saturated carbocycles. The second-order valence-electron chi connectivity index (χ2n) is 7.64. The van der Waals surface area contributed by atoms with Gasteiger partial charge in [0.1, 0.15) is 0 Å². The molecule has 4 rings (SSSR count). The largest absolute Gasteiger partial charge is 0.340 e. The van der Waals surface area contributed by atoms with Crippen LogP contribution < -0.4 is 5.32 Å². The molecule has 0 unspecified atom stereocenters. The van der Waals surface area contributed by atoms with Crippen LogP contribution in [0.5, 0.6) is 0 Å². The van der Waals surface area contributed by atoms with Crippen LogP contribution in [0.25, 0.3) is 10.8 Å². The third-order valence-corrected chi connectivity index (χ3v) is 5.85. The van der Waals surface area contributed by atoms with E-state index in [-0.39, 0.29) is 0 Å². The number of nitrogens with one attached hydrogen (secondary N) is 1. The first-order valence-electron chi connectivity index (χ1n) is 10.2. The van der Waals surface area contributed by atoms with Gasteiger partial charge in [0.05, 0.1) is 0 Å². The van der Waals surface area contributed by atoms with E-state index in [1.165, 1.54) is 16.3 Å². The maximum atomic E-state index is 12.3. The van der Waals surface area contributed by atoms with Crippen molar-refractivity contribution in [2.45, 2.75) is 13.0 Å². The van der Waals surface area contributed by atoms with Gasteiger partial charge in [0, 0.05) is 71.9 Å². The van der Waals surface area contributed by atoms with Crippen LogP contribution in [0, 0.1) is 0 Å². The molecule has 2 saturated heterocycles. The first kappa shape index (κ1) is 18.4. The lowest BCUT2D eigenvalue weighted by molar-refractivity contribution is -0.132. The van der Waals surface area contributed by atoms with Gasteiger partial charge in [-0.05, 0) is 16.3 Å². The molecule has 2 aromatic carbocycles. The molecule has 0 bridgehead atoms. The van der Waals surface area contributed by atoms with Crippen molar-refractivity contribution in [2.75, 3.05) is 58.9 Å². The minimum Gasteiger partial charge on any atom is -0.340 e. The summed E-state index contributed by atoms with van der Waals surface area (Å²) < 4.78 is 0. The smallest absolute Gasteiger partial charge is 0.223 e. The Hall–Kier alpha value is -1.95. The molecule has 2 heterocycles. The number of piperazine rings is 2. The Morgan fingerprint density at radius 2 is 1.56 bits per heavy atom. The fraction of sp³-hybridized carbons (Fsp3) is 0.500. The Morgan fingerprint density at radius 1 is 0.852 bits per heavy atom. The average molecular weight is 367 g/mol. The van der Waals surface area contributed by atoms with Crippen molar-refractivity contribution in [2.24, 2.45) is 0 Å². The van der Waals surface area contributed by atoms with Gasteiger partial charge in [0.2, 0.25) is 5.91 Å². The molecule has 5 heteroatoms. The fourth-order valence-corrected chi connectivity index (χ4v) is 4.17. The highest BCUT2D eigenvalue weighted by Gasteiger charge is 2.20. The molecular formula is C22H30N4O.